The quantitative estimate of drug-likeness (QED) is 0.606. The highest BCUT2D eigenvalue weighted by atomic mass is 32.1. The Morgan fingerprint density at radius 2 is 1.89 bits per heavy atom. The predicted molar refractivity (Wildman–Crippen MR) is 39.9 cm³/mol. The lowest BCUT2D eigenvalue weighted by molar-refractivity contribution is 1.10. The lowest BCUT2D eigenvalue weighted by Crippen LogP contribution is -1.75. The van der Waals surface area contributed by atoms with Crippen molar-refractivity contribution in [2.45, 2.75) is 6.54 Å². The Morgan fingerprint density at radius 3 is 2.44 bits per heavy atom. The number of hydrogen-bond donors (Lipinski definition) is 0. The van der Waals surface area contributed by atoms with Crippen LogP contribution in [0.3, 0.4) is 0 Å². The van der Waals surface area contributed by atoms with Gasteiger partial charge in [0.2, 0.25) is 0 Å². The average molecular weight is 137 g/mol. The van der Waals surface area contributed by atoms with Crippen LogP contribution >= 0.6 is 0 Å². The Hall–Kier alpha value is -0.760. The maximum Gasteiger partial charge on any atom is 0.0771 e. The van der Waals surface area contributed by atoms with Crippen molar-refractivity contribution in [1.29, 1.82) is 0 Å². The highest BCUT2D eigenvalue weighted by molar-refractivity contribution is 7.47. The second-order valence-electron chi connectivity index (χ2n) is 1.77. The standard InChI is InChI=1S/C7H7NS/c9-8-6-7-4-2-1-3-5-7/h1-5H,6H2. The minimum Gasteiger partial charge on any atom is -0.215 e. The zero-order valence-corrected chi connectivity index (χ0v) is 5.77. The van der Waals surface area contributed by atoms with E-state index in [-0.39, 0.29) is 0 Å². The van der Waals surface area contributed by atoms with Crippen LogP contribution in [-0.2, 0) is 19.0 Å². The summed E-state index contributed by atoms with van der Waals surface area (Å²) in [5.74, 6) is 0. The van der Waals surface area contributed by atoms with Crippen LogP contribution < -0.4 is 0 Å². The van der Waals surface area contributed by atoms with Crippen molar-refractivity contribution >= 4 is 12.4 Å². The first kappa shape index (κ1) is 6.36. The molecule has 0 aliphatic rings. The van der Waals surface area contributed by atoms with Gasteiger partial charge in [-0.3, -0.25) is 0 Å². The third-order valence-corrected chi connectivity index (χ3v) is 1.22. The van der Waals surface area contributed by atoms with Crippen LogP contribution in [0.25, 0.3) is 0 Å². The lowest BCUT2D eigenvalue weighted by atomic mass is 10.2. The Kier molecular flexibility index (Phi) is 2.33. The molecule has 1 aromatic rings. The summed E-state index contributed by atoms with van der Waals surface area (Å²) in [6.45, 7) is 0.649. The molecule has 1 aromatic carbocycles. The molecular weight excluding hydrogens is 130 g/mol. The summed E-state index contributed by atoms with van der Waals surface area (Å²) in [5, 5.41) is 0. The van der Waals surface area contributed by atoms with Crippen molar-refractivity contribution in [1.82, 2.24) is 0 Å². The fraction of sp³-hybridized carbons (Fsp3) is 0.143. The van der Waals surface area contributed by atoms with Crippen LogP contribution in [0.4, 0.5) is 0 Å². The fourth-order valence-electron chi connectivity index (χ4n) is 0.658. The van der Waals surface area contributed by atoms with Gasteiger partial charge < -0.3 is 0 Å². The number of nitrogens with zero attached hydrogens (tertiary/aromatic N) is 1. The number of rotatable bonds is 2. The van der Waals surface area contributed by atoms with Crippen molar-refractivity contribution < 1.29 is 0 Å². The monoisotopic (exact) mass is 137 g/mol. The molecule has 0 fully saturated rings. The highest BCUT2D eigenvalue weighted by Gasteiger charge is 1.83. The molecule has 0 unspecified atom stereocenters. The van der Waals surface area contributed by atoms with E-state index in [2.05, 4.69) is 16.8 Å². The number of benzene rings is 1. The molecule has 0 aliphatic heterocycles. The zero-order valence-electron chi connectivity index (χ0n) is 4.95. The van der Waals surface area contributed by atoms with E-state index in [4.69, 9.17) is 0 Å². The first-order chi connectivity index (χ1) is 4.43. The number of hydrogen-bond acceptors (Lipinski definition) is 2. The largest absolute Gasteiger partial charge is 0.215 e. The van der Waals surface area contributed by atoms with Gasteiger partial charge in [-0.2, -0.15) is 0 Å². The zero-order chi connectivity index (χ0) is 6.53. The van der Waals surface area contributed by atoms with Crippen molar-refractivity contribution in [2.75, 3.05) is 0 Å². The summed E-state index contributed by atoms with van der Waals surface area (Å²) in [6, 6.07) is 9.96. The molecule has 0 heterocycles. The minimum absolute atomic E-state index is 0.649. The summed E-state index contributed by atoms with van der Waals surface area (Å²) < 4.78 is 3.59. The van der Waals surface area contributed by atoms with Crippen LogP contribution in [0, 0.1) is 0 Å². The van der Waals surface area contributed by atoms with Crippen LogP contribution in [0.2, 0.25) is 0 Å². The summed E-state index contributed by atoms with van der Waals surface area (Å²) >= 11 is 4.46. The van der Waals surface area contributed by atoms with Crippen molar-refractivity contribution in [2.24, 2.45) is 4.36 Å². The van der Waals surface area contributed by atoms with E-state index in [9.17, 15) is 0 Å². The van der Waals surface area contributed by atoms with E-state index >= 15 is 0 Å². The maximum absolute atomic E-state index is 4.46. The van der Waals surface area contributed by atoms with E-state index in [1.807, 2.05) is 30.3 Å². The Morgan fingerprint density at radius 1 is 1.22 bits per heavy atom. The van der Waals surface area contributed by atoms with Gasteiger partial charge in [0.15, 0.2) is 0 Å². The molecule has 0 radical (unpaired) electrons. The fourth-order valence-corrected chi connectivity index (χ4v) is 0.807. The normalized spacial score (nSPS) is 8.89. The van der Waals surface area contributed by atoms with Gasteiger partial charge >= 0.3 is 0 Å². The molecule has 0 atom stereocenters. The van der Waals surface area contributed by atoms with Gasteiger partial charge in [0.1, 0.15) is 0 Å². The summed E-state index contributed by atoms with van der Waals surface area (Å²) in [6.07, 6.45) is 0. The molecule has 1 rings (SSSR count). The predicted octanol–water partition coefficient (Wildman–Crippen LogP) is 1.92. The van der Waals surface area contributed by atoms with Crippen molar-refractivity contribution in [3.8, 4) is 0 Å². The molecule has 1 nitrogen and oxygen atoms in total. The van der Waals surface area contributed by atoms with Gasteiger partial charge in [-0.15, -0.1) is 0 Å². The van der Waals surface area contributed by atoms with Gasteiger partial charge in [0.05, 0.1) is 6.54 Å². The van der Waals surface area contributed by atoms with Gasteiger partial charge in [0.25, 0.3) is 0 Å². The Labute approximate surface area is 59.9 Å². The van der Waals surface area contributed by atoms with E-state index in [1.54, 1.807) is 0 Å². The molecule has 0 N–H and O–H groups in total. The molecule has 0 amide bonds. The minimum atomic E-state index is 0.649. The van der Waals surface area contributed by atoms with E-state index in [1.165, 1.54) is 5.56 Å². The van der Waals surface area contributed by atoms with Gasteiger partial charge in [-0.25, -0.2) is 4.36 Å². The van der Waals surface area contributed by atoms with E-state index in [0.29, 0.717) is 6.54 Å². The molecule has 0 spiro atoms. The maximum atomic E-state index is 4.46. The summed E-state index contributed by atoms with van der Waals surface area (Å²) in [4.78, 5) is 0. The summed E-state index contributed by atoms with van der Waals surface area (Å²) in [7, 11) is 0. The van der Waals surface area contributed by atoms with Crippen LogP contribution in [0.5, 0.6) is 0 Å². The first-order valence-corrected chi connectivity index (χ1v) is 3.13. The average Bonchev–Trinajstić information content (AvgIpc) is 1.91. The third-order valence-electron chi connectivity index (χ3n) is 1.09. The van der Waals surface area contributed by atoms with E-state index in [0.717, 1.165) is 0 Å². The molecular formula is C7H7NS. The molecule has 0 bridgehead atoms. The van der Waals surface area contributed by atoms with Gasteiger partial charge in [-0.05, 0) is 5.56 Å². The molecule has 0 aromatic heterocycles. The highest BCUT2D eigenvalue weighted by Crippen LogP contribution is 1.98. The molecule has 0 saturated carbocycles. The van der Waals surface area contributed by atoms with Gasteiger partial charge in [-0.1, -0.05) is 30.3 Å². The third kappa shape index (κ3) is 1.90. The van der Waals surface area contributed by atoms with Crippen molar-refractivity contribution in [3.05, 3.63) is 35.9 Å². The Bertz CT molecular complexity index is 183. The topological polar surface area (TPSA) is 12.4 Å². The molecule has 2 heteroatoms. The SMILES string of the molecule is S=NCc1ccccc1. The van der Waals surface area contributed by atoms with Crippen LogP contribution in [0.1, 0.15) is 5.56 Å². The summed E-state index contributed by atoms with van der Waals surface area (Å²) in [5.41, 5.74) is 1.17. The van der Waals surface area contributed by atoms with Crippen LogP contribution in [-0.4, -0.2) is 0 Å². The molecule has 0 saturated heterocycles. The van der Waals surface area contributed by atoms with Crippen LogP contribution in [0.15, 0.2) is 34.7 Å². The molecule has 0 aliphatic carbocycles. The Balaban J connectivity index is 2.72. The van der Waals surface area contributed by atoms with E-state index < -0.39 is 0 Å². The molecule has 46 valence electrons. The first-order valence-electron chi connectivity index (χ1n) is 2.76. The van der Waals surface area contributed by atoms with Gasteiger partial charge in [0, 0.05) is 12.4 Å². The lowest BCUT2D eigenvalue weighted by Gasteiger charge is -1.89. The smallest absolute Gasteiger partial charge is 0.0771 e. The second kappa shape index (κ2) is 3.30. The molecule has 9 heavy (non-hydrogen) atoms. The second-order valence-corrected chi connectivity index (χ2v) is 2.03. The van der Waals surface area contributed by atoms with Crippen molar-refractivity contribution in [3.63, 3.8) is 0 Å².